The van der Waals surface area contributed by atoms with Crippen LogP contribution in [0.3, 0.4) is 0 Å². The quantitative estimate of drug-likeness (QED) is 0.631. The first-order valence-electron chi connectivity index (χ1n) is 12.2. The standard InChI is InChI=1S/C29H32N2O5/c1-6-26(3,4)27-17-28(35)22(23(27)31(18(2)32)21-15-11-10-14-20(21)27)24(33)29(36-5,30-25(28)34)16-19-12-8-7-9-13-19/h6-15,22-23,35H,1,16-17H2,2-5H3,(H,30,34)/t22?,23-,27+,28?,29?/m0/s1. The second-order valence-electron chi connectivity index (χ2n) is 10.8. The fraction of sp³-hybridized carbons (Fsp3) is 0.414. The number of ketones is 1. The zero-order valence-electron chi connectivity index (χ0n) is 21.1. The van der Waals surface area contributed by atoms with Gasteiger partial charge in [-0.1, -0.05) is 68.5 Å². The Morgan fingerprint density at radius 2 is 1.83 bits per heavy atom. The molecule has 36 heavy (non-hydrogen) atoms. The number of carbonyl (C=O) groups excluding carboxylic acids is 3. The summed E-state index contributed by atoms with van der Waals surface area (Å²) >= 11 is 0. The van der Waals surface area contributed by atoms with E-state index in [4.69, 9.17) is 4.74 Å². The third kappa shape index (κ3) is 2.90. The number of carbonyl (C=O) groups is 3. The van der Waals surface area contributed by atoms with Gasteiger partial charge in [0.15, 0.2) is 11.4 Å². The molecule has 2 fully saturated rings. The molecule has 3 unspecified atom stereocenters. The predicted octanol–water partition coefficient (Wildman–Crippen LogP) is 2.91. The van der Waals surface area contributed by atoms with Gasteiger partial charge in [0.25, 0.3) is 5.91 Å². The highest BCUT2D eigenvalue weighted by molar-refractivity contribution is 6.08. The van der Waals surface area contributed by atoms with Gasteiger partial charge in [-0.25, -0.2) is 0 Å². The van der Waals surface area contributed by atoms with Crippen molar-refractivity contribution in [1.29, 1.82) is 0 Å². The molecular weight excluding hydrogens is 456 g/mol. The van der Waals surface area contributed by atoms with Crippen LogP contribution in [0.25, 0.3) is 0 Å². The van der Waals surface area contributed by atoms with Crippen molar-refractivity contribution in [1.82, 2.24) is 5.32 Å². The zero-order chi connectivity index (χ0) is 26.1. The van der Waals surface area contributed by atoms with E-state index in [0.717, 1.165) is 11.1 Å². The average Bonchev–Trinajstić information content (AvgIpc) is 3.31. The zero-order valence-corrected chi connectivity index (χ0v) is 21.1. The summed E-state index contributed by atoms with van der Waals surface area (Å²) in [5, 5.41) is 14.8. The molecule has 1 saturated carbocycles. The van der Waals surface area contributed by atoms with Crippen LogP contribution in [0.2, 0.25) is 0 Å². The maximum absolute atomic E-state index is 14.5. The predicted molar refractivity (Wildman–Crippen MR) is 135 cm³/mol. The molecule has 5 rings (SSSR count). The minimum atomic E-state index is -2.03. The smallest absolute Gasteiger partial charge is 0.255 e. The molecule has 7 heteroatoms. The summed E-state index contributed by atoms with van der Waals surface area (Å²) in [7, 11) is 1.38. The Hall–Kier alpha value is -3.29. The summed E-state index contributed by atoms with van der Waals surface area (Å²) < 4.78 is 5.77. The summed E-state index contributed by atoms with van der Waals surface area (Å²) in [5.41, 5.74) is -3.00. The molecule has 1 aliphatic carbocycles. The molecule has 0 spiro atoms. The van der Waals surface area contributed by atoms with Crippen LogP contribution in [0.1, 0.15) is 38.3 Å². The van der Waals surface area contributed by atoms with E-state index in [1.54, 1.807) is 11.0 Å². The molecule has 7 nitrogen and oxygen atoms in total. The molecule has 3 aliphatic rings. The number of allylic oxidation sites excluding steroid dienone is 1. The highest BCUT2D eigenvalue weighted by Crippen LogP contribution is 2.67. The second-order valence-corrected chi connectivity index (χ2v) is 10.8. The molecule has 188 valence electrons. The van der Waals surface area contributed by atoms with Crippen LogP contribution >= 0.6 is 0 Å². The summed E-state index contributed by atoms with van der Waals surface area (Å²) in [6.45, 7) is 9.46. The second kappa shape index (κ2) is 7.85. The molecule has 2 aromatic rings. The van der Waals surface area contributed by atoms with Gasteiger partial charge in [0.2, 0.25) is 11.6 Å². The minimum Gasteiger partial charge on any atom is -0.379 e. The lowest BCUT2D eigenvalue weighted by Gasteiger charge is -2.47. The number of anilines is 1. The molecule has 0 aromatic heterocycles. The SMILES string of the molecule is C=CC(C)(C)[C@@]12CC3(O)C(=O)NC(Cc4ccccc4)(OC)C(=O)C3[C@@H]1N(C(C)=O)c1ccccc12. The van der Waals surface area contributed by atoms with Crippen LogP contribution in [0, 0.1) is 11.3 Å². The van der Waals surface area contributed by atoms with Crippen molar-refractivity contribution in [3.63, 3.8) is 0 Å². The van der Waals surface area contributed by atoms with Gasteiger partial charge in [0, 0.05) is 31.6 Å². The van der Waals surface area contributed by atoms with E-state index in [1.165, 1.54) is 14.0 Å². The summed E-state index contributed by atoms with van der Waals surface area (Å²) in [4.78, 5) is 43.0. The van der Waals surface area contributed by atoms with E-state index in [-0.39, 0.29) is 18.7 Å². The number of rotatable bonds is 5. The number of Topliss-reactive ketones (excluding diaryl/α,β-unsaturated/α-hetero) is 1. The fourth-order valence-corrected chi connectivity index (χ4v) is 6.95. The number of nitrogens with one attached hydrogen (secondary N) is 1. The van der Waals surface area contributed by atoms with Gasteiger partial charge in [0.1, 0.15) is 0 Å². The topological polar surface area (TPSA) is 95.9 Å². The van der Waals surface area contributed by atoms with E-state index in [9.17, 15) is 19.5 Å². The van der Waals surface area contributed by atoms with E-state index < -0.39 is 45.8 Å². The van der Waals surface area contributed by atoms with Crippen molar-refractivity contribution in [2.75, 3.05) is 12.0 Å². The van der Waals surface area contributed by atoms with Crippen molar-refractivity contribution < 1.29 is 24.2 Å². The molecular formula is C29H32N2O5. The molecule has 2 aliphatic heterocycles. The van der Waals surface area contributed by atoms with Gasteiger partial charge in [-0.3, -0.25) is 14.4 Å². The molecule has 2 aromatic carbocycles. The van der Waals surface area contributed by atoms with Gasteiger partial charge in [-0.2, -0.15) is 0 Å². The van der Waals surface area contributed by atoms with Crippen molar-refractivity contribution in [3.05, 3.63) is 78.4 Å². The third-order valence-electron chi connectivity index (χ3n) is 8.84. The van der Waals surface area contributed by atoms with Crippen LogP contribution in [0.5, 0.6) is 0 Å². The molecule has 2 N–H and O–H groups in total. The number of amides is 2. The lowest BCUT2D eigenvalue weighted by atomic mass is 9.59. The Morgan fingerprint density at radius 1 is 1.19 bits per heavy atom. The number of hydrogen-bond acceptors (Lipinski definition) is 5. The summed E-state index contributed by atoms with van der Waals surface area (Å²) in [5.74, 6) is -2.57. The first-order chi connectivity index (χ1) is 17.0. The molecule has 5 atom stereocenters. The highest BCUT2D eigenvalue weighted by atomic mass is 16.5. The number of piperidine rings is 1. The number of methoxy groups -OCH3 is 1. The Labute approximate surface area is 211 Å². The number of hydrogen-bond donors (Lipinski definition) is 2. The largest absolute Gasteiger partial charge is 0.379 e. The van der Waals surface area contributed by atoms with Crippen LogP contribution in [0.15, 0.2) is 67.3 Å². The first-order valence-corrected chi connectivity index (χ1v) is 12.2. The van der Waals surface area contributed by atoms with Crippen molar-refractivity contribution >= 4 is 23.3 Å². The number of benzene rings is 2. The maximum Gasteiger partial charge on any atom is 0.255 e. The van der Waals surface area contributed by atoms with Gasteiger partial charge < -0.3 is 20.1 Å². The number of aliphatic hydroxyl groups is 1. The maximum atomic E-state index is 14.5. The summed E-state index contributed by atoms with van der Waals surface area (Å²) in [6.07, 6.45) is 1.86. The van der Waals surface area contributed by atoms with Crippen molar-refractivity contribution in [2.24, 2.45) is 11.3 Å². The average molecular weight is 489 g/mol. The molecule has 0 radical (unpaired) electrons. The number of fused-ring (bicyclic) bond motifs is 5. The van der Waals surface area contributed by atoms with Gasteiger partial charge in [-0.15, -0.1) is 6.58 Å². The van der Waals surface area contributed by atoms with Crippen molar-refractivity contribution in [3.8, 4) is 0 Å². The molecule has 0 bridgehead atoms. The lowest BCUT2D eigenvalue weighted by molar-refractivity contribution is -0.182. The van der Waals surface area contributed by atoms with Crippen LogP contribution in [-0.2, 0) is 31.0 Å². The van der Waals surface area contributed by atoms with E-state index in [2.05, 4.69) is 11.9 Å². The first kappa shape index (κ1) is 24.4. The minimum absolute atomic E-state index is 0.0299. The van der Waals surface area contributed by atoms with Crippen LogP contribution < -0.4 is 10.2 Å². The van der Waals surface area contributed by atoms with E-state index in [1.807, 2.05) is 68.4 Å². The number of ether oxygens (including phenoxy) is 1. The van der Waals surface area contributed by atoms with Crippen LogP contribution in [0.4, 0.5) is 5.69 Å². The highest BCUT2D eigenvalue weighted by Gasteiger charge is 2.78. The van der Waals surface area contributed by atoms with Gasteiger partial charge >= 0.3 is 0 Å². The van der Waals surface area contributed by atoms with Crippen LogP contribution in [-0.4, -0.2) is 47.2 Å². The third-order valence-corrected chi connectivity index (χ3v) is 8.84. The Morgan fingerprint density at radius 3 is 2.44 bits per heavy atom. The fourth-order valence-electron chi connectivity index (χ4n) is 6.95. The Kier molecular flexibility index (Phi) is 5.32. The van der Waals surface area contributed by atoms with Gasteiger partial charge in [0.05, 0.1) is 12.0 Å². The number of nitrogens with zero attached hydrogens (tertiary/aromatic N) is 1. The van der Waals surface area contributed by atoms with E-state index in [0.29, 0.717) is 5.69 Å². The van der Waals surface area contributed by atoms with E-state index >= 15 is 0 Å². The normalized spacial score (nSPS) is 33.0. The Bertz CT molecular complexity index is 1270. The monoisotopic (exact) mass is 488 g/mol. The lowest BCUT2D eigenvalue weighted by Crippen LogP contribution is -2.73. The van der Waals surface area contributed by atoms with Crippen molar-refractivity contribution in [2.45, 2.75) is 56.4 Å². The molecule has 2 heterocycles. The molecule has 1 saturated heterocycles. The summed E-state index contributed by atoms with van der Waals surface area (Å²) in [6, 6.07) is 16.0. The molecule has 2 amide bonds. The number of para-hydroxylation sites is 1. The van der Waals surface area contributed by atoms with Gasteiger partial charge in [-0.05, 0) is 29.0 Å². The Balaban J connectivity index is 1.75.